The Labute approximate surface area is 99.9 Å². The molecule has 0 spiro atoms. The Hall–Kier alpha value is -2.06. The molecule has 0 saturated heterocycles. The minimum Gasteiger partial charge on any atom is -0.365 e. The fraction of sp³-hybridized carbons (Fsp3) is 0.444. The molecule has 6 nitrogen and oxygen atoms in total. The first-order valence-electron chi connectivity index (χ1n) is 4.89. The summed E-state index contributed by atoms with van der Waals surface area (Å²) in [6.45, 7) is 0. The second-order valence-electron chi connectivity index (χ2n) is 3.56. The van der Waals surface area contributed by atoms with Gasteiger partial charge in [0.2, 0.25) is 5.91 Å². The Morgan fingerprint density at radius 1 is 1.50 bits per heavy atom. The zero-order valence-electron chi connectivity index (χ0n) is 9.41. The summed E-state index contributed by atoms with van der Waals surface area (Å²) < 4.78 is 36.9. The van der Waals surface area contributed by atoms with E-state index in [1.165, 1.54) is 7.05 Å². The monoisotopic (exact) mass is 264 g/mol. The molecule has 1 aromatic heterocycles. The summed E-state index contributed by atoms with van der Waals surface area (Å²) in [5.41, 5.74) is 4.97. The minimum atomic E-state index is -4.41. The third kappa shape index (κ3) is 3.75. The van der Waals surface area contributed by atoms with Crippen molar-refractivity contribution in [2.24, 2.45) is 12.8 Å². The van der Waals surface area contributed by atoms with Gasteiger partial charge in [-0.15, -0.1) is 0 Å². The molecule has 18 heavy (non-hydrogen) atoms. The van der Waals surface area contributed by atoms with Crippen LogP contribution in [-0.2, 0) is 11.8 Å². The van der Waals surface area contributed by atoms with Crippen LogP contribution in [0, 0.1) is 0 Å². The molecule has 0 aliphatic heterocycles. The Morgan fingerprint density at radius 3 is 2.61 bits per heavy atom. The van der Waals surface area contributed by atoms with Gasteiger partial charge in [-0.3, -0.25) is 14.3 Å². The van der Waals surface area contributed by atoms with E-state index in [0.29, 0.717) is 0 Å². The van der Waals surface area contributed by atoms with Crippen molar-refractivity contribution in [1.29, 1.82) is 0 Å². The summed E-state index contributed by atoms with van der Waals surface area (Å²) in [5.74, 6) is -1.71. The second-order valence-corrected chi connectivity index (χ2v) is 3.56. The number of nitrogens with one attached hydrogen (secondary N) is 1. The highest BCUT2D eigenvalue weighted by Crippen LogP contribution is 2.22. The first-order valence-corrected chi connectivity index (χ1v) is 4.89. The molecule has 0 radical (unpaired) electrons. The molecule has 1 rings (SSSR count). The number of carbonyl (C=O) groups is 2. The van der Waals surface area contributed by atoms with E-state index < -0.39 is 30.8 Å². The fourth-order valence-corrected chi connectivity index (χ4v) is 1.22. The van der Waals surface area contributed by atoms with Gasteiger partial charge in [0.1, 0.15) is 11.4 Å². The number of rotatable bonds is 4. The van der Waals surface area contributed by atoms with Crippen LogP contribution in [0.5, 0.6) is 0 Å². The molecule has 1 aromatic rings. The maximum absolute atomic E-state index is 11.9. The van der Waals surface area contributed by atoms with Gasteiger partial charge in [-0.2, -0.15) is 18.3 Å². The number of nitrogens with two attached hydrogens (primary N) is 1. The Bertz CT molecular complexity index is 467. The van der Waals surface area contributed by atoms with Gasteiger partial charge in [-0.05, 0) is 0 Å². The highest BCUT2D eigenvalue weighted by Gasteiger charge is 2.28. The van der Waals surface area contributed by atoms with Gasteiger partial charge in [-0.1, -0.05) is 0 Å². The molecule has 0 unspecified atom stereocenters. The summed E-state index contributed by atoms with van der Waals surface area (Å²) in [6, 6.07) is 0. The number of nitrogens with zero attached hydrogens (tertiary/aromatic N) is 2. The fourth-order valence-electron chi connectivity index (χ4n) is 1.22. The van der Waals surface area contributed by atoms with Crippen LogP contribution in [0.15, 0.2) is 6.20 Å². The third-order valence-corrected chi connectivity index (χ3v) is 2.10. The van der Waals surface area contributed by atoms with Crippen LogP contribution in [-0.4, -0.2) is 27.8 Å². The van der Waals surface area contributed by atoms with Crippen molar-refractivity contribution in [2.45, 2.75) is 19.0 Å². The van der Waals surface area contributed by atoms with E-state index in [1.54, 1.807) is 0 Å². The Balaban J connectivity index is 2.70. The molecular weight excluding hydrogens is 253 g/mol. The van der Waals surface area contributed by atoms with Crippen molar-refractivity contribution in [1.82, 2.24) is 9.78 Å². The maximum atomic E-state index is 11.9. The number of hydrogen-bond donors (Lipinski definition) is 2. The van der Waals surface area contributed by atoms with Crippen molar-refractivity contribution >= 4 is 17.6 Å². The van der Waals surface area contributed by atoms with Crippen molar-refractivity contribution in [3.05, 3.63) is 11.8 Å². The van der Waals surface area contributed by atoms with Crippen LogP contribution in [0.1, 0.15) is 23.2 Å². The molecule has 0 fully saturated rings. The molecule has 0 atom stereocenters. The lowest BCUT2D eigenvalue weighted by Crippen LogP contribution is -2.21. The molecule has 9 heteroatoms. The SMILES string of the molecule is Cn1ncc(C(N)=O)c1NC(=O)CCC(F)(F)F. The van der Waals surface area contributed by atoms with Gasteiger partial charge in [0.25, 0.3) is 5.91 Å². The van der Waals surface area contributed by atoms with Gasteiger partial charge in [0.15, 0.2) is 0 Å². The molecule has 100 valence electrons. The number of hydrogen-bond acceptors (Lipinski definition) is 3. The molecule has 0 aliphatic rings. The van der Waals surface area contributed by atoms with E-state index in [1.807, 2.05) is 0 Å². The second kappa shape index (κ2) is 5.07. The normalized spacial score (nSPS) is 11.3. The van der Waals surface area contributed by atoms with E-state index in [0.717, 1.165) is 10.9 Å². The van der Waals surface area contributed by atoms with Crippen molar-refractivity contribution in [3.63, 3.8) is 0 Å². The van der Waals surface area contributed by atoms with E-state index in [2.05, 4.69) is 10.4 Å². The van der Waals surface area contributed by atoms with Gasteiger partial charge in [0, 0.05) is 13.5 Å². The van der Waals surface area contributed by atoms with Crippen molar-refractivity contribution in [2.75, 3.05) is 5.32 Å². The first-order chi connectivity index (χ1) is 8.20. The number of amides is 2. The van der Waals surface area contributed by atoms with E-state index in [-0.39, 0.29) is 11.4 Å². The topological polar surface area (TPSA) is 90.0 Å². The van der Waals surface area contributed by atoms with E-state index in [4.69, 9.17) is 5.73 Å². The van der Waals surface area contributed by atoms with Gasteiger partial charge in [0.05, 0.1) is 12.6 Å². The number of aromatic nitrogens is 2. The molecule has 0 aromatic carbocycles. The smallest absolute Gasteiger partial charge is 0.365 e. The molecule has 1 heterocycles. The zero-order valence-corrected chi connectivity index (χ0v) is 9.41. The minimum absolute atomic E-state index is 0.0188. The van der Waals surface area contributed by atoms with Crippen LogP contribution in [0.3, 0.4) is 0 Å². The number of halogens is 3. The van der Waals surface area contributed by atoms with Crippen LogP contribution in [0.25, 0.3) is 0 Å². The lowest BCUT2D eigenvalue weighted by molar-refractivity contribution is -0.142. The summed E-state index contributed by atoms with van der Waals surface area (Å²) in [6.07, 6.45) is -5.24. The Kier molecular flexibility index (Phi) is 3.94. The molecule has 0 aliphatic carbocycles. The lowest BCUT2D eigenvalue weighted by atomic mass is 10.2. The predicted octanol–water partition coefficient (Wildman–Crippen LogP) is 0.800. The van der Waals surface area contributed by atoms with Gasteiger partial charge in [-0.25, -0.2) is 0 Å². The summed E-state index contributed by atoms with van der Waals surface area (Å²) in [4.78, 5) is 22.3. The maximum Gasteiger partial charge on any atom is 0.389 e. The van der Waals surface area contributed by atoms with Gasteiger partial charge >= 0.3 is 6.18 Å². The molecule has 0 bridgehead atoms. The summed E-state index contributed by atoms with van der Waals surface area (Å²) >= 11 is 0. The van der Waals surface area contributed by atoms with Crippen LogP contribution in [0.2, 0.25) is 0 Å². The zero-order chi connectivity index (χ0) is 13.9. The molecule has 0 saturated carbocycles. The van der Waals surface area contributed by atoms with Gasteiger partial charge < -0.3 is 11.1 Å². The number of carbonyl (C=O) groups excluding carboxylic acids is 2. The largest absolute Gasteiger partial charge is 0.389 e. The Morgan fingerprint density at radius 2 is 2.11 bits per heavy atom. The lowest BCUT2D eigenvalue weighted by Gasteiger charge is -2.08. The van der Waals surface area contributed by atoms with Crippen molar-refractivity contribution < 1.29 is 22.8 Å². The van der Waals surface area contributed by atoms with Crippen LogP contribution >= 0.6 is 0 Å². The van der Waals surface area contributed by atoms with E-state index >= 15 is 0 Å². The highest BCUT2D eigenvalue weighted by atomic mass is 19.4. The molecule has 3 N–H and O–H groups in total. The molecule has 2 amide bonds. The quantitative estimate of drug-likeness (QED) is 0.842. The van der Waals surface area contributed by atoms with Crippen LogP contribution < -0.4 is 11.1 Å². The molecular formula is C9H11F3N4O2. The number of anilines is 1. The number of primary amides is 1. The predicted molar refractivity (Wildman–Crippen MR) is 55.6 cm³/mol. The number of alkyl halides is 3. The first kappa shape index (κ1) is 14.0. The number of aryl methyl sites for hydroxylation is 1. The van der Waals surface area contributed by atoms with Crippen molar-refractivity contribution in [3.8, 4) is 0 Å². The third-order valence-electron chi connectivity index (χ3n) is 2.10. The standard InChI is InChI=1S/C9H11F3N4O2/c1-16-8(5(4-14-16)7(13)18)15-6(17)2-3-9(10,11)12/h4H,2-3H2,1H3,(H2,13,18)(H,15,17). The summed E-state index contributed by atoms with van der Waals surface area (Å²) in [5, 5.41) is 5.85. The van der Waals surface area contributed by atoms with Crippen LogP contribution in [0.4, 0.5) is 19.0 Å². The average molecular weight is 264 g/mol. The average Bonchev–Trinajstić information content (AvgIpc) is 2.57. The van der Waals surface area contributed by atoms with E-state index in [9.17, 15) is 22.8 Å². The highest BCUT2D eigenvalue weighted by molar-refractivity contribution is 6.01. The summed E-state index contributed by atoms with van der Waals surface area (Å²) in [7, 11) is 1.42.